The predicted octanol–water partition coefficient (Wildman–Crippen LogP) is 2.02. The molecule has 0 saturated carbocycles. The van der Waals surface area contributed by atoms with Gasteiger partial charge in [0.15, 0.2) is 0 Å². The number of hydrogen-bond donors (Lipinski definition) is 0. The van der Waals surface area contributed by atoms with Crippen LogP contribution in [0, 0.1) is 0 Å². The van der Waals surface area contributed by atoms with Crippen LogP contribution in [0.25, 0.3) is 0 Å². The average Bonchev–Trinajstić information content (AvgIpc) is 2.81. The van der Waals surface area contributed by atoms with Gasteiger partial charge >= 0.3 is 12.0 Å². The smallest absolute Gasteiger partial charge is 0.339 e. The molecule has 2 amide bonds. The molecule has 2 aliphatic heterocycles. The lowest BCUT2D eigenvalue weighted by Crippen LogP contribution is -2.59. The summed E-state index contributed by atoms with van der Waals surface area (Å²) in [5.74, 6) is 0.226. The molecular formula is C23H28N4O5. The van der Waals surface area contributed by atoms with Crippen molar-refractivity contribution in [1.29, 1.82) is 0 Å². The van der Waals surface area contributed by atoms with E-state index in [0.717, 1.165) is 32.0 Å². The molecule has 9 heteroatoms. The Morgan fingerprint density at radius 2 is 1.91 bits per heavy atom. The third kappa shape index (κ3) is 4.84. The maximum Gasteiger partial charge on any atom is 0.339 e. The lowest BCUT2D eigenvalue weighted by Gasteiger charge is -2.43. The largest absolute Gasteiger partial charge is 0.497 e. The first-order valence-electron chi connectivity index (χ1n) is 10.6. The van der Waals surface area contributed by atoms with Gasteiger partial charge in [-0.3, -0.25) is 14.8 Å². The zero-order valence-electron chi connectivity index (χ0n) is 18.4. The highest BCUT2D eigenvalue weighted by Gasteiger charge is 2.32. The number of piperazine rings is 1. The lowest BCUT2D eigenvalue weighted by atomic mass is 10.2. The topological polar surface area (TPSA) is 84.4 Å². The molecule has 2 aliphatic rings. The minimum Gasteiger partial charge on any atom is -0.497 e. The van der Waals surface area contributed by atoms with Crippen LogP contribution in [-0.4, -0.2) is 86.4 Å². The van der Waals surface area contributed by atoms with Crippen LogP contribution in [0.3, 0.4) is 0 Å². The normalized spacial score (nSPS) is 16.9. The number of aromatic nitrogens is 1. The summed E-state index contributed by atoms with van der Waals surface area (Å²) in [7, 11) is 2.93. The quantitative estimate of drug-likeness (QED) is 0.636. The molecule has 32 heavy (non-hydrogen) atoms. The lowest BCUT2D eigenvalue weighted by molar-refractivity contribution is -0.0738. The third-order valence-electron chi connectivity index (χ3n) is 5.88. The number of benzene rings is 1. The fourth-order valence-electron chi connectivity index (χ4n) is 3.85. The summed E-state index contributed by atoms with van der Waals surface area (Å²) < 4.78 is 15.4. The minimum absolute atomic E-state index is 0.0818. The van der Waals surface area contributed by atoms with Crippen molar-refractivity contribution < 1.29 is 23.8 Å². The highest BCUT2D eigenvalue weighted by atomic mass is 16.5. The van der Waals surface area contributed by atoms with Crippen LogP contribution in [0.1, 0.15) is 16.1 Å². The number of amides is 2. The number of carbonyl (C=O) groups is 2. The highest BCUT2D eigenvalue weighted by molar-refractivity contribution is 5.92. The van der Waals surface area contributed by atoms with E-state index in [4.69, 9.17) is 14.2 Å². The van der Waals surface area contributed by atoms with E-state index in [-0.39, 0.29) is 12.6 Å². The van der Waals surface area contributed by atoms with Crippen molar-refractivity contribution in [2.75, 3.05) is 58.5 Å². The van der Waals surface area contributed by atoms with E-state index in [1.807, 2.05) is 29.2 Å². The first kappa shape index (κ1) is 22.0. The zero-order valence-corrected chi connectivity index (χ0v) is 18.4. The van der Waals surface area contributed by atoms with Crippen LogP contribution >= 0.6 is 0 Å². The standard InChI is InChI=1S/C23H28N4O5/c1-30-21-5-3-4-19(12-21)27(14-18-7-6-17(13-24-18)22(28)31-2)23(29)26-10-8-25(9-11-26)20-15-32-16-20/h3-7,12-13,20H,8-11,14-16H2,1-2H3. The van der Waals surface area contributed by atoms with Gasteiger partial charge in [0.2, 0.25) is 0 Å². The molecule has 2 saturated heterocycles. The number of carbonyl (C=O) groups excluding carboxylic acids is 2. The number of hydrogen-bond acceptors (Lipinski definition) is 7. The Labute approximate surface area is 187 Å². The Morgan fingerprint density at radius 1 is 1.12 bits per heavy atom. The van der Waals surface area contributed by atoms with Crippen molar-refractivity contribution in [3.8, 4) is 5.75 Å². The summed E-state index contributed by atoms with van der Waals surface area (Å²) in [5.41, 5.74) is 1.76. The molecule has 1 aromatic carbocycles. The summed E-state index contributed by atoms with van der Waals surface area (Å²) in [6.45, 7) is 4.79. The second kappa shape index (κ2) is 9.97. The highest BCUT2D eigenvalue weighted by Crippen LogP contribution is 2.25. The number of rotatable bonds is 6. The third-order valence-corrected chi connectivity index (χ3v) is 5.88. The van der Waals surface area contributed by atoms with Gasteiger partial charge in [0.1, 0.15) is 5.75 Å². The number of ether oxygens (including phenoxy) is 3. The molecule has 0 N–H and O–H groups in total. The minimum atomic E-state index is -0.445. The van der Waals surface area contributed by atoms with E-state index in [0.29, 0.717) is 36.1 Å². The number of anilines is 1. The molecule has 0 aliphatic carbocycles. The number of esters is 1. The molecule has 1 aromatic heterocycles. The van der Waals surface area contributed by atoms with E-state index in [1.54, 1.807) is 24.1 Å². The molecule has 2 fully saturated rings. The van der Waals surface area contributed by atoms with Gasteiger partial charge in [-0.25, -0.2) is 9.59 Å². The van der Waals surface area contributed by atoms with Gasteiger partial charge in [0.25, 0.3) is 0 Å². The van der Waals surface area contributed by atoms with E-state index in [1.165, 1.54) is 13.3 Å². The van der Waals surface area contributed by atoms with Crippen molar-refractivity contribution >= 4 is 17.7 Å². The molecule has 0 unspecified atom stereocenters. The van der Waals surface area contributed by atoms with Gasteiger partial charge in [0.05, 0.1) is 51.3 Å². The molecule has 0 spiro atoms. The summed E-state index contributed by atoms with van der Waals surface area (Å²) >= 11 is 0. The Kier molecular flexibility index (Phi) is 6.87. The van der Waals surface area contributed by atoms with Crippen LogP contribution in [0.4, 0.5) is 10.5 Å². The number of methoxy groups -OCH3 is 2. The van der Waals surface area contributed by atoms with Crippen molar-refractivity contribution in [3.63, 3.8) is 0 Å². The Balaban J connectivity index is 1.52. The summed E-state index contributed by atoms with van der Waals surface area (Å²) in [6.07, 6.45) is 1.47. The van der Waals surface area contributed by atoms with Gasteiger partial charge < -0.3 is 19.1 Å². The molecule has 4 rings (SSSR count). The van der Waals surface area contributed by atoms with Gasteiger partial charge in [0, 0.05) is 44.1 Å². The maximum atomic E-state index is 13.6. The average molecular weight is 441 g/mol. The summed E-state index contributed by atoms with van der Waals surface area (Å²) in [5, 5.41) is 0. The van der Waals surface area contributed by atoms with Crippen molar-refractivity contribution in [3.05, 3.63) is 53.9 Å². The van der Waals surface area contributed by atoms with Crippen molar-refractivity contribution in [2.24, 2.45) is 0 Å². The van der Waals surface area contributed by atoms with Gasteiger partial charge in [-0.05, 0) is 24.3 Å². The Bertz CT molecular complexity index is 940. The molecule has 0 atom stereocenters. The van der Waals surface area contributed by atoms with Gasteiger partial charge in [-0.1, -0.05) is 6.07 Å². The van der Waals surface area contributed by atoms with E-state index in [2.05, 4.69) is 9.88 Å². The van der Waals surface area contributed by atoms with Gasteiger partial charge in [-0.2, -0.15) is 0 Å². The van der Waals surface area contributed by atoms with E-state index >= 15 is 0 Å². The molecule has 0 radical (unpaired) electrons. The summed E-state index contributed by atoms with van der Waals surface area (Å²) in [6, 6.07) is 11.2. The molecule has 2 aromatic rings. The predicted molar refractivity (Wildman–Crippen MR) is 118 cm³/mol. The first-order valence-corrected chi connectivity index (χ1v) is 10.6. The number of pyridine rings is 1. The first-order chi connectivity index (χ1) is 15.6. The van der Waals surface area contributed by atoms with Crippen LogP contribution in [0.5, 0.6) is 5.75 Å². The van der Waals surface area contributed by atoms with Crippen LogP contribution in [0.15, 0.2) is 42.6 Å². The molecule has 3 heterocycles. The van der Waals surface area contributed by atoms with Gasteiger partial charge in [-0.15, -0.1) is 0 Å². The molecule has 0 bridgehead atoms. The Morgan fingerprint density at radius 3 is 2.50 bits per heavy atom. The van der Waals surface area contributed by atoms with Crippen molar-refractivity contribution in [2.45, 2.75) is 12.6 Å². The van der Waals surface area contributed by atoms with Crippen molar-refractivity contribution in [1.82, 2.24) is 14.8 Å². The monoisotopic (exact) mass is 440 g/mol. The van der Waals surface area contributed by atoms with E-state index in [9.17, 15) is 9.59 Å². The SMILES string of the molecule is COC(=O)c1ccc(CN(C(=O)N2CCN(C3COC3)CC2)c2cccc(OC)c2)nc1. The zero-order chi connectivity index (χ0) is 22.5. The second-order valence-electron chi connectivity index (χ2n) is 7.81. The Hall–Kier alpha value is -3.17. The number of urea groups is 1. The fraction of sp³-hybridized carbons (Fsp3) is 0.435. The van der Waals surface area contributed by atoms with Crippen LogP contribution < -0.4 is 9.64 Å². The molecule has 170 valence electrons. The summed E-state index contributed by atoms with van der Waals surface area (Å²) in [4.78, 5) is 35.6. The number of nitrogens with zero attached hydrogens (tertiary/aromatic N) is 4. The van der Waals surface area contributed by atoms with Crippen LogP contribution in [-0.2, 0) is 16.0 Å². The fourth-order valence-corrected chi connectivity index (χ4v) is 3.85. The molecular weight excluding hydrogens is 412 g/mol. The second-order valence-corrected chi connectivity index (χ2v) is 7.81. The maximum absolute atomic E-state index is 13.6. The van der Waals surface area contributed by atoms with Crippen LogP contribution in [0.2, 0.25) is 0 Å². The van der Waals surface area contributed by atoms with E-state index < -0.39 is 5.97 Å². The molecule has 9 nitrogen and oxygen atoms in total.